The van der Waals surface area contributed by atoms with Crippen LogP contribution in [0.4, 0.5) is 5.69 Å². The molecule has 1 aromatic heterocycles. The van der Waals surface area contributed by atoms with Crippen molar-refractivity contribution in [3.05, 3.63) is 60.4 Å². The second-order valence-corrected chi connectivity index (χ2v) is 4.67. The van der Waals surface area contributed by atoms with Gasteiger partial charge in [-0.25, -0.2) is 0 Å². The van der Waals surface area contributed by atoms with Crippen LogP contribution >= 0.6 is 0 Å². The summed E-state index contributed by atoms with van der Waals surface area (Å²) in [4.78, 5) is 12.0. The summed E-state index contributed by atoms with van der Waals surface area (Å²) in [5.74, 6) is 0.848. The van der Waals surface area contributed by atoms with Gasteiger partial charge in [0.05, 0.1) is 12.8 Å². The normalized spacial score (nSPS) is 11.1. The van der Waals surface area contributed by atoms with Crippen molar-refractivity contribution in [1.82, 2.24) is 0 Å². The first-order valence-corrected chi connectivity index (χ1v) is 6.79. The number of fused-ring (bicyclic) bond motifs is 1. The number of ketones is 1. The van der Waals surface area contributed by atoms with Crippen LogP contribution in [0.15, 0.2) is 69.2 Å². The zero-order chi connectivity index (χ0) is 15.4. The van der Waals surface area contributed by atoms with Gasteiger partial charge < -0.3 is 9.15 Å². The molecule has 0 aliphatic heterocycles. The minimum atomic E-state index is -0.200. The number of azo groups is 1. The smallest absolute Gasteiger partial charge is 0.221 e. The van der Waals surface area contributed by atoms with Crippen LogP contribution in [-0.2, 0) is 0 Å². The fourth-order valence-corrected chi connectivity index (χ4v) is 2.03. The highest BCUT2D eigenvalue weighted by atomic mass is 16.5. The maximum atomic E-state index is 12.0. The van der Waals surface area contributed by atoms with E-state index in [9.17, 15) is 4.79 Å². The molecule has 3 rings (SSSR count). The molecule has 22 heavy (non-hydrogen) atoms. The van der Waals surface area contributed by atoms with Crippen LogP contribution < -0.4 is 4.74 Å². The molecule has 0 saturated heterocycles. The van der Waals surface area contributed by atoms with Gasteiger partial charge in [0.15, 0.2) is 5.76 Å². The molecule has 0 N–H and O–H groups in total. The molecule has 0 radical (unpaired) electrons. The molecule has 0 bridgehead atoms. The van der Waals surface area contributed by atoms with Gasteiger partial charge in [0.25, 0.3) is 0 Å². The van der Waals surface area contributed by atoms with Gasteiger partial charge in [-0.2, -0.15) is 10.2 Å². The van der Waals surface area contributed by atoms with E-state index in [0.29, 0.717) is 17.0 Å². The molecule has 0 atom stereocenters. The van der Waals surface area contributed by atoms with Crippen LogP contribution in [0.2, 0.25) is 0 Å². The van der Waals surface area contributed by atoms with Crippen molar-refractivity contribution in [3.8, 4) is 5.75 Å². The van der Waals surface area contributed by atoms with Crippen molar-refractivity contribution < 1.29 is 13.9 Å². The topological polar surface area (TPSA) is 64.2 Å². The third kappa shape index (κ3) is 3.03. The largest absolute Gasteiger partial charge is 0.497 e. The van der Waals surface area contributed by atoms with E-state index in [1.54, 1.807) is 37.4 Å². The first-order valence-electron chi connectivity index (χ1n) is 6.79. The minimum Gasteiger partial charge on any atom is -0.497 e. The number of carbonyl (C=O) groups excluding carboxylic acids is 1. The number of hydrogen-bond donors (Lipinski definition) is 0. The third-order valence-corrected chi connectivity index (χ3v) is 3.17. The Morgan fingerprint density at radius 1 is 1.14 bits per heavy atom. The van der Waals surface area contributed by atoms with Crippen molar-refractivity contribution in [2.24, 2.45) is 10.2 Å². The SMILES string of the molecule is COc1ccc(N=NCC(=O)c2cc3ccccc3o2)cc1. The molecule has 0 fully saturated rings. The molecule has 2 aromatic carbocycles. The molecule has 0 saturated carbocycles. The lowest BCUT2D eigenvalue weighted by Crippen LogP contribution is -2.00. The summed E-state index contributed by atoms with van der Waals surface area (Å²) in [6.07, 6.45) is 0. The van der Waals surface area contributed by atoms with Gasteiger partial charge in [-0.15, -0.1) is 0 Å². The summed E-state index contributed by atoms with van der Waals surface area (Å²) in [5, 5.41) is 8.83. The van der Waals surface area contributed by atoms with Gasteiger partial charge in [-0.1, -0.05) is 18.2 Å². The number of benzene rings is 2. The quantitative estimate of drug-likeness (QED) is 0.517. The highest BCUT2D eigenvalue weighted by Gasteiger charge is 2.11. The lowest BCUT2D eigenvalue weighted by atomic mass is 10.2. The molecule has 0 aliphatic carbocycles. The van der Waals surface area contributed by atoms with E-state index in [2.05, 4.69) is 10.2 Å². The van der Waals surface area contributed by atoms with Gasteiger partial charge in [0, 0.05) is 5.39 Å². The Bertz CT molecular complexity index is 786. The molecule has 0 aliphatic rings. The number of Topliss-reactive ketones (excluding diaryl/α,β-unsaturated/α-hetero) is 1. The van der Waals surface area contributed by atoms with Crippen LogP contribution in [0, 0.1) is 0 Å². The van der Waals surface area contributed by atoms with Crippen LogP contribution in [0.3, 0.4) is 0 Å². The summed E-state index contributed by atoms with van der Waals surface area (Å²) < 4.78 is 10.6. The van der Waals surface area contributed by atoms with Crippen molar-refractivity contribution in [3.63, 3.8) is 0 Å². The summed E-state index contributed by atoms with van der Waals surface area (Å²) in [6, 6.07) is 16.3. The number of nitrogens with zero attached hydrogens (tertiary/aromatic N) is 2. The lowest BCUT2D eigenvalue weighted by Gasteiger charge is -1.98. The van der Waals surface area contributed by atoms with E-state index in [1.165, 1.54) is 0 Å². The Morgan fingerprint density at radius 3 is 2.64 bits per heavy atom. The summed E-state index contributed by atoms with van der Waals surface area (Å²) in [6.45, 7) is -0.0498. The number of para-hydroxylation sites is 1. The fourth-order valence-electron chi connectivity index (χ4n) is 2.03. The molecule has 0 unspecified atom stereocenters. The lowest BCUT2D eigenvalue weighted by molar-refractivity contribution is 0.0976. The second kappa shape index (κ2) is 6.22. The molecule has 5 heteroatoms. The fraction of sp³-hybridized carbons (Fsp3) is 0.118. The molecule has 0 amide bonds. The molecular weight excluding hydrogens is 280 g/mol. The van der Waals surface area contributed by atoms with E-state index in [4.69, 9.17) is 9.15 Å². The molecule has 5 nitrogen and oxygen atoms in total. The Morgan fingerprint density at radius 2 is 1.91 bits per heavy atom. The van der Waals surface area contributed by atoms with E-state index in [-0.39, 0.29) is 12.3 Å². The predicted molar refractivity (Wildman–Crippen MR) is 82.9 cm³/mol. The summed E-state index contributed by atoms with van der Waals surface area (Å²) in [5.41, 5.74) is 1.36. The number of furan rings is 1. The average Bonchev–Trinajstić information content (AvgIpc) is 2.99. The van der Waals surface area contributed by atoms with Gasteiger partial charge in [-0.3, -0.25) is 4.79 Å². The van der Waals surface area contributed by atoms with E-state index >= 15 is 0 Å². The number of ether oxygens (including phenoxy) is 1. The first kappa shape index (κ1) is 14.0. The molecule has 3 aromatic rings. The number of rotatable bonds is 5. The van der Waals surface area contributed by atoms with Crippen LogP contribution in [0.5, 0.6) is 5.75 Å². The zero-order valence-corrected chi connectivity index (χ0v) is 12.0. The van der Waals surface area contributed by atoms with Crippen LogP contribution in [0.25, 0.3) is 11.0 Å². The van der Waals surface area contributed by atoms with Crippen LogP contribution in [0.1, 0.15) is 10.6 Å². The Kier molecular flexibility index (Phi) is 3.96. The molecule has 0 spiro atoms. The highest BCUT2D eigenvalue weighted by molar-refractivity contribution is 5.98. The second-order valence-electron chi connectivity index (χ2n) is 4.67. The number of methoxy groups -OCH3 is 1. The van der Waals surface area contributed by atoms with Gasteiger partial charge >= 0.3 is 0 Å². The number of hydrogen-bond acceptors (Lipinski definition) is 5. The summed E-state index contributed by atoms with van der Waals surface area (Å²) >= 11 is 0. The van der Waals surface area contributed by atoms with Crippen molar-refractivity contribution in [2.75, 3.05) is 13.7 Å². The maximum Gasteiger partial charge on any atom is 0.221 e. The van der Waals surface area contributed by atoms with Crippen molar-refractivity contribution in [1.29, 1.82) is 0 Å². The summed E-state index contributed by atoms with van der Waals surface area (Å²) in [7, 11) is 1.60. The Labute approximate surface area is 127 Å². The Balaban J connectivity index is 1.67. The zero-order valence-electron chi connectivity index (χ0n) is 12.0. The average molecular weight is 294 g/mol. The maximum absolute atomic E-state index is 12.0. The van der Waals surface area contributed by atoms with Crippen molar-refractivity contribution in [2.45, 2.75) is 0 Å². The van der Waals surface area contributed by atoms with E-state index < -0.39 is 0 Å². The molecular formula is C17H14N2O3. The predicted octanol–water partition coefficient (Wildman–Crippen LogP) is 4.41. The monoisotopic (exact) mass is 294 g/mol. The van der Waals surface area contributed by atoms with E-state index in [0.717, 1.165) is 11.1 Å². The highest BCUT2D eigenvalue weighted by Crippen LogP contribution is 2.20. The third-order valence-electron chi connectivity index (χ3n) is 3.17. The first-order chi connectivity index (χ1) is 10.8. The van der Waals surface area contributed by atoms with Gasteiger partial charge in [0.1, 0.15) is 17.9 Å². The minimum absolute atomic E-state index is 0.0498. The molecule has 110 valence electrons. The van der Waals surface area contributed by atoms with Crippen LogP contribution in [-0.4, -0.2) is 19.4 Å². The van der Waals surface area contributed by atoms with Gasteiger partial charge in [0.2, 0.25) is 5.78 Å². The van der Waals surface area contributed by atoms with Gasteiger partial charge in [-0.05, 0) is 36.4 Å². The number of carbonyl (C=O) groups is 1. The Hall–Kier alpha value is -2.95. The molecule has 1 heterocycles. The van der Waals surface area contributed by atoms with E-state index in [1.807, 2.05) is 24.3 Å². The van der Waals surface area contributed by atoms with Crippen molar-refractivity contribution >= 4 is 22.4 Å². The standard InChI is InChI=1S/C17H14N2O3/c1-21-14-8-6-13(7-9-14)19-18-11-15(20)17-10-12-4-2-3-5-16(12)22-17/h2-10H,11H2,1H3.